The van der Waals surface area contributed by atoms with Crippen LogP contribution in [0, 0.1) is 0 Å². The SMILES string of the molecule is Clc1cccc2c1CC[C@@H]2Cl. The van der Waals surface area contributed by atoms with Crippen LogP contribution in [0.1, 0.15) is 22.9 Å². The molecule has 1 aromatic rings. The second-order valence-corrected chi connectivity index (χ2v) is 3.75. The number of fused-ring (bicyclic) bond motifs is 1. The van der Waals surface area contributed by atoms with Gasteiger partial charge in [0.05, 0.1) is 5.38 Å². The minimum absolute atomic E-state index is 0.184. The van der Waals surface area contributed by atoms with E-state index >= 15 is 0 Å². The summed E-state index contributed by atoms with van der Waals surface area (Å²) in [5.41, 5.74) is 2.47. The van der Waals surface area contributed by atoms with E-state index in [1.54, 1.807) is 0 Å². The zero-order valence-corrected chi connectivity index (χ0v) is 7.49. The van der Waals surface area contributed by atoms with Crippen LogP contribution in [0.2, 0.25) is 5.02 Å². The molecular formula is C9H8Cl2. The summed E-state index contributed by atoms with van der Waals surface area (Å²) in [6, 6.07) is 5.95. The third-order valence-electron chi connectivity index (χ3n) is 2.14. The van der Waals surface area contributed by atoms with Crippen molar-refractivity contribution in [3.05, 3.63) is 34.3 Å². The fourth-order valence-corrected chi connectivity index (χ4v) is 2.15. The first-order valence-corrected chi connectivity index (χ1v) is 4.52. The fourth-order valence-electron chi connectivity index (χ4n) is 1.56. The molecule has 0 radical (unpaired) electrons. The van der Waals surface area contributed by atoms with Crippen molar-refractivity contribution in [1.29, 1.82) is 0 Å². The minimum atomic E-state index is 0.184. The molecular weight excluding hydrogens is 179 g/mol. The van der Waals surface area contributed by atoms with Crippen LogP contribution in [-0.2, 0) is 6.42 Å². The van der Waals surface area contributed by atoms with Gasteiger partial charge in [0.25, 0.3) is 0 Å². The minimum Gasteiger partial charge on any atom is -0.118 e. The van der Waals surface area contributed by atoms with Gasteiger partial charge in [-0.3, -0.25) is 0 Å². The summed E-state index contributed by atoms with van der Waals surface area (Å²) in [4.78, 5) is 0. The predicted octanol–water partition coefficient (Wildman–Crippen LogP) is 3.57. The van der Waals surface area contributed by atoms with Crippen LogP contribution in [0.4, 0.5) is 0 Å². The van der Waals surface area contributed by atoms with E-state index in [0.29, 0.717) is 0 Å². The predicted molar refractivity (Wildman–Crippen MR) is 48.4 cm³/mol. The molecule has 0 amide bonds. The maximum Gasteiger partial charge on any atom is 0.0591 e. The smallest absolute Gasteiger partial charge is 0.0591 e. The van der Waals surface area contributed by atoms with E-state index < -0.39 is 0 Å². The van der Waals surface area contributed by atoms with Crippen molar-refractivity contribution in [2.24, 2.45) is 0 Å². The van der Waals surface area contributed by atoms with Crippen molar-refractivity contribution in [2.45, 2.75) is 18.2 Å². The van der Waals surface area contributed by atoms with E-state index in [0.717, 1.165) is 17.9 Å². The first kappa shape index (κ1) is 7.45. The Morgan fingerprint density at radius 3 is 2.91 bits per heavy atom. The Morgan fingerprint density at radius 1 is 1.36 bits per heavy atom. The van der Waals surface area contributed by atoms with E-state index in [1.165, 1.54) is 11.1 Å². The molecule has 58 valence electrons. The van der Waals surface area contributed by atoms with Gasteiger partial charge in [-0.25, -0.2) is 0 Å². The van der Waals surface area contributed by atoms with Gasteiger partial charge in [-0.1, -0.05) is 23.7 Å². The Labute approximate surface area is 76.1 Å². The summed E-state index contributed by atoms with van der Waals surface area (Å²) in [5, 5.41) is 1.05. The first-order valence-electron chi connectivity index (χ1n) is 3.70. The molecule has 2 heteroatoms. The number of rotatable bonds is 0. The van der Waals surface area contributed by atoms with Crippen LogP contribution in [-0.4, -0.2) is 0 Å². The normalized spacial score (nSPS) is 21.8. The Balaban J connectivity index is 2.57. The highest BCUT2D eigenvalue weighted by atomic mass is 35.5. The Kier molecular flexibility index (Phi) is 1.82. The quantitative estimate of drug-likeness (QED) is 0.544. The van der Waals surface area contributed by atoms with Gasteiger partial charge in [-0.2, -0.15) is 0 Å². The van der Waals surface area contributed by atoms with Crippen molar-refractivity contribution in [2.75, 3.05) is 0 Å². The molecule has 0 unspecified atom stereocenters. The van der Waals surface area contributed by atoms with Gasteiger partial charge in [0.15, 0.2) is 0 Å². The molecule has 2 rings (SSSR count). The standard InChI is InChI=1S/C9H8Cl2/c10-8-3-1-2-6-7(8)4-5-9(6)11/h1-3,9H,4-5H2/t9-/m0/s1. The molecule has 0 nitrogen and oxygen atoms in total. The number of hydrogen-bond acceptors (Lipinski definition) is 0. The lowest BCUT2D eigenvalue weighted by Gasteiger charge is -2.02. The topological polar surface area (TPSA) is 0 Å². The summed E-state index contributed by atoms with van der Waals surface area (Å²) in [5.74, 6) is 0. The third-order valence-corrected chi connectivity index (χ3v) is 2.95. The van der Waals surface area contributed by atoms with Crippen LogP contribution in [0.15, 0.2) is 18.2 Å². The molecule has 0 aliphatic heterocycles. The lowest BCUT2D eigenvalue weighted by atomic mass is 10.1. The van der Waals surface area contributed by atoms with Crippen LogP contribution in [0.3, 0.4) is 0 Å². The third kappa shape index (κ3) is 1.15. The second-order valence-electron chi connectivity index (χ2n) is 2.81. The molecule has 0 aromatic heterocycles. The van der Waals surface area contributed by atoms with E-state index in [4.69, 9.17) is 23.2 Å². The molecule has 1 aliphatic carbocycles. The highest BCUT2D eigenvalue weighted by Gasteiger charge is 2.21. The van der Waals surface area contributed by atoms with Gasteiger partial charge in [0, 0.05) is 5.02 Å². The molecule has 0 saturated carbocycles. The highest BCUT2D eigenvalue weighted by Crippen LogP contribution is 2.38. The molecule has 1 aliphatic rings. The molecule has 0 spiro atoms. The first-order chi connectivity index (χ1) is 5.29. The summed E-state index contributed by atoms with van der Waals surface area (Å²) < 4.78 is 0. The Bertz CT molecular complexity index is 281. The van der Waals surface area contributed by atoms with Crippen LogP contribution < -0.4 is 0 Å². The lowest BCUT2D eigenvalue weighted by molar-refractivity contribution is 0.882. The number of benzene rings is 1. The van der Waals surface area contributed by atoms with Crippen molar-refractivity contribution < 1.29 is 0 Å². The molecule has 0 saturated heterocycles. The largest absolute Gasteiger partial charge is 0.118 e. The van der Waals surface area contributed by atoms with E-state index in [1.807, 2.05) is 12.1 Å². The van der Waals surface area contributed by atoms with Crippen molar-refractivity contribution in [1.82, 2.24) is 0 Å². The average molecular weight is 187 g/mol. The number of alkyl halides is 1. The molecule has 1 aromatic carbocycles. The molecule has 11 heavy (non-hydrogen) atoms. The van der Waals surface area contributed by atoms with Gasteiger partial charge in [0.1, 0.15) is 0 Å². The summed E-state index contributed by atoms with van der Waals surface area (Å²) >= 11 is 12.0. The monoisotopic (exact) mass is 186 g/mol. The van der Waals surface area contributed by atoms with Gasteiger partial charge in [-0.05, 0) is 30.0 Å². The lowest BCUT2D eigenvalue weighted by Crippen LogP contribution is -1.83. The van der Waals surface area contributed by atoms with Crippen LogP contribution in [0.5, 0.6) is 0 Å². The molecule has 1 atom stereocenters. The second kappa shape index (κ2) is 2.69. The molecule has 0 N–H and O–H groups in total. The highest BCUT2D eigenvalue weighted by molar-refractivity contribution is 6.31. The van der Waals surface area contributed by atoms with Crippen LogP contribution >= 0.6 is 23.2 Å². The number of hydrogen-bond donors (Lipinski definition) is 0. The molecule has 0 fully saturated rings. The van der Waals surface area contributed by atoms with E-state index in [-0.39, 0.29) is 5.38 Å². The Hall–Kier alpha value is -0.200. The van der Waals surface area contributed by atoms with Crippen molar-refractivity contribution >= 4 is 23.2 Å². The summed E-state index contributed by atoms with van der Waals surface area (Å²) in [6.07, 6.45) is 2.06. The number of halogens is 2. The zero-order valence-electron chi connectivity index (χ0n) is 5.98. The van der Waals surface area contributed by atoms with Crippen molar-refractivity contribution in [3.63, 3.8) is 0 Å². The fraction of sp³-hybridized carbons (Fsp3) is 0.333. The van der Waals surface area contributed by atoms with Crippen LogP contribution in [0.25, 0.3) is 0 Å². The summed E-state index contributed by atoms with van der Waals surface area (Å²) in [7, 11) is 0. The van der Waals surface area contributed by atoms with Crippen molar-refractivity contribution in [3.8, 4) is 0 Å². The molecule has 0 heterocycles. The van der Waals surface area contributed by atoms with Gasteiger partial charge in [-0.15, -0.1) is 11.6 Å². The van der Waals surface area contributed by atoms with Gasteiger partial charge < -0.3 is 0 Å². The maximum absolute atomic E-state index is 6.06. The maximum atomic E-state index is 6.06. The molecule has 0 bridgehead atoms. The summed E-state index contributed by atoms with van der Waals surface area (Å²) in [6.45, 7) is 0. The van der Waals surface area contributed by atoms with E-state index in [9.17, 15) is 0 Å². The van der Waals surface area contributed by atoms with E-state index in [2.05, 4.69) is 6.07 Å². The Morgan fingerprint density at radius 2 is 2.18 bits per heavy atom. The zero-order chi connectivity index (χ0) is 7.84. The van der Waals surface area contributed by atoms with Gasteiger partial charge in [0.2, 0.25) is 0 Å². The van der Waals surface area contributed by atoms with Gasteiger partial charge >= 0.3 is 0 Å². The average Bonchev–Trinajstić information content (AvgIpc) is 2.35.